The molecule has 1 aliphatic heterocycles. The van der Waals surface area contributed by atoms with Gasteiger partial charge in [-0.1, -0.05) is 23.4 Å². The molecule has 21 heavy (non-hydrogen) atoms. The van der Waals surface area contributed by atoms with Gasteiger partial charge in [0.1, 0.15) is 0 Å². The van der Waals surface area contributed by atoms with E-state index in [4.69, 9.17) is 17.3 Å². The Morgan fingerprint density at radius 1 is 1.48 bits per heavy atom. The Morgan fingerprint density at radius 2 is 2.29 bits per heavy atom. The summed E-state index contributed by atoms with van der Waals surface area (Å²) in [4.78, 5) is 14.3. The lowest BCUT2D eigenvalue weighted by atomic mass is 10.0. The molecule has 0 aromatic heterocycles. The van der Waals surface area contributed by atoms with Gasteiger partial charge in [0.15, 0.2) is 0 Å². The Labute approximate surface area is 129 Å². The molecule has 1 aromatic carbocycles. The first-order valence-corrected chi connectivity index (χ1v) is 7.45. The van der Waals surface area contributed by atoms with Crippen molar-refractivity contribution in [1.82, 2.24) is 4.90 Å². The maximum absolute atomic E-state index is 12.5. The highest BCUT2D eigenvalue weighted by molar-refractivity contribution is 6.32. The van der Waals surface area contributed by atoms with E-state index in [2.05, 4.69) is 11.8 Å². The zero-order valence-electron chi connectivity index (χ0n) is 11.8. The maximum atomic E-state index is 12.5. The monoisotopic (exact) mass is 306 g/mol. The van der Waals surface area contributed by atoms with Gasteiger partial charge >= 0.3 is 0 Å². The molecule has 0 radical (unpaired) electrons. The first kappa shape index (κ1) is 15.8. The predicted molar refractivity (Wildman–Crippen MR) is 83.1 cm³/mol. The van der Waals surface area contributed by atoms with Crippen molar-refractivity contribution in [2.24, 2.45) is 5.73 Å². The maximum Gasteiger partial charge on any atom is 0.254 e. The second kappa shape index (κ2) is 7.46. The largest absolute Gasteiger partial charge is 0.394 e. The number of nitrogens with zero attached hydrogens (tertiary/aromatic N) is 1. The van der Waals surface area contributed by atoms with E-state index in [0.717, 1.165) is 19.3 Å². The number of carbonyl (C=O) groups excluding carboxylic acids is 1. The Bertz CT molecular complexity index is 577. The average Bonchev–Trinajstić information content (AvgIpc) is 2.53. The number of piperidine rings is 1. The van der Waals surface area contributed by atoms with Gasteiger partial charge in [0, 0.05) is 17.7 Å². The standard InChI is InChI=1S/C16H19ClN2O2/c17-15-10-13(7-6-12(15)4-3-8-18)16(21)19-9-2-1-5-14(19)11-20/h6-7,10,14,20H,1-2,5,8-9,11,18H2. The smallest absolute Gasteiger partial charge is 0.254 e. The first-order chi connectivity index (χ1) is 10.2. The van der Waals surface area contributed by atoms with Crippen LogP contribution in [0, 0.1) is 11.8 Å². The number of hydrogen-bond acceptors (Lipinski definition) is 3. The lowest BCUT2D eigenvalue weighted by Crippen LogP contribution is -2.45. The molecule has 3 N–H and O–H groups in total. The van der Waals surface area contributed by atoms with Gasteiger partial charge in [0.2, 0.25) is 0 Å². The van der Waals surface area contributed by atoms with Crippen LogP contribution in [0.3, 0.4) is 0 Å². The van der Waals surface area contributed by atoms with E-state index in [-0.39, 0.29) is 25.1 Å². The van der Waals surface area contributed by atoms with Crippen LogP contribution in [-0.2, 0) is 0 Å². The minimum absolute atomic E-state index is 0.000465. The summed E-state index contributed by atoms with van der Waals surface area (Å²) in [7, 11) is 0. The van der Waals surface area contributed by atoms with E-state index in [9.17, 15) is 9.90 Å². The lowest BCUT2D eigenvalue weighted by molar-refractivity contribution is 0.0503. The van der Waals surface area contributed by atoms with E-state index in [1.165, 1.54) is 0 Å². The molecule has 1 atom stereocenters. The van der Waals surface area contributed by atoms with Gasteiger partial charge in [0.25, 0.3) is 5.91 Å². The second-order valence-electron chi connectivity index (χ2n) is 5.03. The van der Waals surface area contributed by atoms with Crippen LogP contribution < -0.4 is 5.73 Å². The summed E-state index contributed by atoms with van der Waals surface area (Å²) in [5, 5.41) is 9.85. The van der Waals surface area contributed by atoms with Gasteiger partial charge in [-0.05, 0) is 37.5 Å². The van der Waals surface area contributed by atoms with Gasteiger partial charge in [-0.2, -0.15) is 0 Å². The number of amides is 1. The van der Waals surface area contributed by atoms with Crippen LogP contribution >= 0.6 is 11.6 Å². The van der Waals surface area contributed by atoms with Gasteiger partial charge in [-0.25, -0.2) is 0 Å². The van der Waals surface area contributed by atoms with Crippen molar-refractivity contribution in [3.8, 4) is 11.8 Å². The van der Waals surface area contributed by atoms with Crippen molar-refractivity contribution in [3.05, 3.63) is 34.3 Å². The number of carbonyl (C=O) groups is 1. The fourth-order valence-electron chi connectivity index (χ4n) is 2.52. The molecule has 5 heteroatoms. The third-order valence-corrected chi connectivity index (χ3v) is 3.95. The highest BCUT2D eigenvalue weighted by Crippen LogP contribution is 2.22. The molecular formula is C16H19ClN2O2. The number of nitrogens with two attached hydrogens (primary N) is 1. The van der Waals surface area contributed by atoms with Crippen LogP contribution in [0.15, 0.2) is 18.2 Å². The van der Waals surface area contributed by atoms with Crippen LogP contribution in [0.1, 0.15) is 35.2 Å². The Kier molecular flexibility index (Phi) is 5.63. The van der Waals surface area contributed by atoms with Crippen LogP contribution in [0.4, 0.5) is 0 Å². The number of rotatable bonds is 2. The molecule has 0 bridgehead atoms. The number of benzene rings is 1. The molecule has 1 fully saturated rings. The summed E-state index contributed by atoms with van der Waals surface area (Å²) in [5.74, 6) is 5.52. The molecule has 2 rings (SSSR count). The quantitative estimate of drug-likeness (QED) is 0.816. The van der Waals surface area contributed by atoms with Crippen LogP contribution in [-0.4, -0.2) is 41.7 Å². The molecule has 0 spiro atoms. The second-order valence-corrected chi connectivity index (χ2v) is 5.44. The molecule has 4 nitrogen and oxygen atoms in total. The molecular weight excluding hydrogens is 288 g/mol. The number of likely N-dealkylation sites (tertiary alicyclic amines) is 1. The van der Waals surface area contributed by atoms with E-state index in [1.54, 1.807) is 23.1 Å². The fraction of sp³-hybridized carbons (Fsp3) is 0.438. The van der Waals surface area contributed by atoms with Crippen LogP contribution in [0.5, 0.6) is 0 Å². The van der Waals surface area contributed by atoms with Crippen molar-refractivity contribution in [2.75, 3.05) is 19.7 Å². The average molecular weight is 307 g/mol. The molecule has 112 valence electrons. The predicted octanol–water partition coefficient (Wildman–Crippen LogP) is 1.64. The molecule has 1 amide bonds. The van der Waals surface area contributed by atoms with E-state index >= 15 is 0 Å². The summed E-state index contributed by atoms with van der Waals surface area (Å²) < 4.78 is 0. The van der Waals surface area contributed by atoms with E-state index < -0.39 is 0 Å². The number of aliphatic hydroxyl groups is 1. The normalized spacial score (nSPS) is 18.0. The molecule has 1 aromatic rings. The SMILES string of the molecule is NCC#Cc1ccc(C(=O)N2CCCCC2CO)cc1Cl. The van der Waals surface area contributed by atoms with Gasteiger partial charge in [-0.15, -0.1) is 0 Å². The summed E-state index contributed by atoms with van der Waals surface area (Å²) in [6.07, 6.45) is 2.86. The number of hydrogen-bond donors (Lipinski definition) is 2. The van der Waals surface area contributed by atoms with Crippen molar-refractivity contribution in [3.63, 3.8) is 0 Å². The van der Waals surface area contributed by atoms with Crippen molar-refractivity contribution >= 4 is 17.5 Å². The number of aliphatic hydroxyl groups excluding tert-OH is 1. The third-order valence-electron chi connectivity index (χ3n) is 3.64. The molecule has 0 aliphatic carbocycles. The highest BCUT2D eigenvalue weighted by atomic mass is 35.5. The molecule has 1 saturated heterocycles. The number of halogens is 1. The Balaban J connectivity index is 2.21. The van der Waals surface area contributed by atoms with Crippen molar-refractivity contribution in [1.29, 1.82) is 0 Å². The molecule has 1 unspecified atom stereocenters. The minimum atomic E-state index is -0.0956. The van der Waals surface area contributed by atoms with E-state index in [0.29, 0.717) is 22.7 Å². The lowest BCUT2D eigenvalue weighted by Gasteiger charge is -2.34. The third kappa shape index (κ3) is 3.76. The summed E-state index contributed by atoms with van der Waals surface area (Å²) in [6, 6.07) is 4.99. The van der Waals surface area contributed by atoms with Crippen LogP contribution in [0.25, 0.3) is 0 Å². The first-order valence-electron chi connectivity index (χ1n) is 7.07. The summed E-state index contributed by atoms with van der Waals surface area (Å²) >= 11 is 6.15. The highest BCUT2D eigenvalue weighted by Gasteiger charge is 2.27. The van der Waals surface area contributed by atoms with Gasteiger partial charge < -0.3 is 15.7 Å². The topological polar surface area (TPSA) is 66.6 Å². The molecule has 1 heterocycles. The Morgan fingerprint density at radius 3 is 2.95 bits per heavy atom. The fourth-order valence-corrected chi connectivity index (χ4v) is 2.75. The molecule has 1 aliphatic rings. The van der Waals surface area contributed by atoms with Crippen LogP contribution in [0.2, 0.25) is 5.02 Å². The minimum Gasteiger partial charge on any atom is -0.394 e. The zero-order chi connectivity index (χ0) is 15.2. The van der Waals surface area contributed by atoms with Crippen molar-refractivity contribution < 1.29 is 9.90 Å². The summed E-state index contributed by atoms with van der Waals surface area (Å²) in [6.45, 7) is 0.943. The zero-order valence-corrected chi connectivity index (χ0v) is 12.6. The molecule has 0 saturated carbocycles. The Hall–Kier alpha value is -1.54. The van der Waals surface area contributed by atoms with Gasteiger partial charge in [0.05, 0.1) is 24.2 Å². The van der Waals surface area contributed by atoms with Crippen molar-refractivity contribution in [2.45, 2.75) is 25.3 Å². The van der Waals surface area contributed by atoms with E-state index in [1.807, 2.05) is 0 Å². The van der Waals surface area contributed by atoms with Gasteiger partial charge in [-0.3, -0.25) is 4.79 Å². The summed E-state index contributed by atoms with van der Waals surface area (Å²) in [5.41, 5.74) is 6.52.